The summed E-state index contributed by atoms with van der Waals surface area (Å²) in [6.07, 6.45) is 0.206. The van der Waals surface area contributed by atoms with Gasteiger partial charge in [0.15, 0.2) is 0 Å². The lowest BCUT2D eigenvalue weighted by Gasteiger charge is -2.23. The third kappa shape index (κ3) is 3.54. The summed E-state index contributed by atoms with van der Waals surface area (Å²) in [5.41, 5.74) is 9.40. The minimum Gasteiger partial charge on any atom is -0.399 e. The molecule has 0 aliphatic carbocycles. The SMILES string of the molecule is Cc1[nH]c(=O)n(CCC(=O)N(c2ccccc2)c2ccc(N)cc2)c1C. The third-order valence-corrected chi connectivity index (χ3v) is 4.45. The average molecular weight is 350 g/mol. The van der Waals surface area contributed by atoms with Gasteiger partial charge >= 0.3 is 5.69 Å². The molecule has 0 atom stereocenters. The van der Waals surface area contributed by atoms with Crippen LogP contribution in [-0.4, -0.2) is 15.5 Å². The maximum Gasteiger partial charge on any atom is 0.325 e. The van der Waals surface area contributed by atoms with E-state index in [2.05, 4.69) is 4.98 Å². The maximum absolute atomic E-state index is 13.0. The van der Waals surface area contributed by atoms with Crippen LogP contribution in [0.3, 0.4) is 0 Å². The van der Waals surface area contributed by atoms with Gasteiger partial charge in [0.05, 0.1) is 0 Å². The molecule has 6 nitrogen and oxygen atoms in total. The molecule has 3 N–H and O–H groups in total. The molecule has 0 fully saturated rings. The first-order valence-corrected chi connectivity index (χ1v) is 8.47. The number of H-pyrrole nitrogens is 1. The van der Waals surface area contributed by atoms with E-state index in [1.807, 2.05) is 56.3 Å². The van der Waals surface area contributed by atoms with Gasteiger partial charge in [-0.2, -0.15) is 0 Å². The van der Waals surface area contributed by atoms with Crippen LogP contribution in [0.25, 0.3) is 0 Å². The fraction of sp³-hybridized carbons (Fsp3) is 0.200. The number of hydrogen-bond acceptors (Lipinski definition) is 3. The van der Waals surface area contributed by atoms with Crippen LogP contribution in [-0.2, 0) is 11.3 Å². The van der Waals surface area contributed by atoms with Gasteiger partial charge in [0.1, 0.15) is 0 Å². The minimum absolute atomic E-state index is 0.0916. The summed E-state index contributed by atoms with van der Waals surface area (Å²) in [6, 6.07) is 16.6. The summed E-state index contributed by atoms with van der Waals surface area (Å²) in [6.45, 7) is 4.04. The zero-order valence-corrected chi connectivity index (χ0v) is 14.9. The molecule has 0 saturated carbocycles. The lowest BCUT2D eigenvalue weighted by Crippen LogP contribution is -2.28. The number of amides is 1. The predicted octanol–water partition coefficient (Wildman–Crippen LogP) is 3.13. The summed E-state index contributed by atoms with van der Waals surface area (Å²) in [5, 5.41) is 0. The highest BCUT2D eigenvalue weighted by atomic mass is 16.2. The lowest BCUT2D eigenvalue weighted by molar-refractivity contribution is -0.118. The molecule has 0 unspecified atom stereocenters. The molecule has 1 amide bonds. The second-order valence-electron chi connectivity index (χ2n) is 6.20. The van der Waals surface area contributed by atoms with Crippen molar-refractivity contribution in [2.45, 2.75) is 26.8 Å². The van der Waals surface area contributed by atoms with Gasteiger partial charge < -0.3 is 10.7 Å². The number of aryl methyl sites for hydroxylation is 1. The first kappa shape index (κ1) is 17.5. The van der Waals surface area contributed by atoms with E-state index in [9.17, 15) is 9.59 Å². The van der Waals surface area contributed by atoms with E-state index < -0.39 is 0 Å². The summed E-state index contributed by atoms with van der Waals surface area (Å²) in [5.74, 6) is -0.0916. The van der Waals surface area contributed by atoms with Crippen molar-refractivity contribution in [1.29, 1.82) is 0 Å². The number of nitrogens with zero attached hydrogens (tertiary/aromatic N) is 2. The van der Waals surface area contributed by atoms with Crippen molar-refractivity contribution >= 4 is 23.0 Å². The Labute approximate surface area is 151 Å². The molecular formula is C20H22N4O2. The van der Waals surface area contributed by atoms with Crippen molar-refractivity contribution in [3.63, 3.8) is 0 Å². The van der Waals surface area contributed by atoms with Crippen molar-refractivity contribution in [2.75, 3.05) is 10.6 Å². The number of carbonyl (C=O) groups excluding carboxylic acids is 1. The standard InChI is InChI=1S/C20H22N4O2/c1-14-15(2)23(20(26)22-14)13-12-19(25)24(17-6-4-3-5-7-17)18-10-8-16(21)9-11-18/h3-11H,12-13,21H2,1-2H3,(H,22,26). The van der Waals surface area contributed by atoms with Gasteiger partial charge in [-0.15, -0.1) is 0 Å². The Morgan fingerprint density at radius 1 is 1.04 bits per heavy atom. The second-order valence-corrected chi connectivity index (χ2v) is 6.20. The van der Waals surface area contributed by atoms with E-state index in [1.54, 1.807) is 21.6 Å². The second kappa shape index (κ2) is 7.31. The molecule has 26 heavy (non-hydrogen) atoms. The number of hydrogen-bond donors (Lipinski definition) is 2. The van der Waals surface area contributed by atoms with Crippen molar-refractivity contribution in [2.24, 2.45) is 0 Å². The largest absolute Gasteiger partial charge is 0.399 e. The number of carbonyl (C=O) groups is 1. The van der Waals surface area contributed by atoms with E-state index >= 15 is 0 Å². The third-order valence-electron chi connectivity index (χ3n) is 4.45. The molecule has 1 heterocycles. The monoisotopic (exact) mass is 350 g/mol. The summed E-state index contributed by atoms with van der Waals surface area (Å²) >= 11 is 0. The average Bonchev–Trinajstić information content (AvgIpc) is 2.88. The Bertz CT molecular complexity index is 956. The molecule has 0 aliphatic rings. The molecule has 0 bridgehead atoms. The number of benzene rings is 2. The normalized spacial score (nSPS) is 10.7. The highest BCUT2D eigenvalue weighted by Gasteiger charge is 2.18. The van der Waals surface area contributed by atoms with Crippen molar-refractivity contribution < 1.29 is 4.79 Å². The molecule has 0 aliphatic heterocycles. The van der Waals surface area contributed by atoms with Crippen LogP contribution in [0.2, 0.25) is 0 Å². The number of imidazole rings is 1. The van der Waals surface area contributed by atoms with Crippen LogP contribution in [0.1, 0.15) is 17.8 Å². The zero-order chi connectivity index (χ0) is 18.7. The number of nitrogen functional groups attached to an aromatic ring is 1. The highest BCUT2D eigenvalue weighted by Crippen LogP contribution is 2.27. The van der Waals surface area contributed by atoms with Crippen LogP contribution in [0.5, 0.6) is 0 Å². The van der Waals surface area contributed by atoms with Crippen LogP contribution >= 0.6 is 0 Å². The van der Waals surface area contributed by atoms with Gasteiger partial charge in [0.2, 0.25) is 5.91 Å². The first-order valence-electron chi connectivity index (χ1n) is 8.47. The molecule has 0 spiro atoms. The summed E-state index contributed by atoms with van der Waals surface area (Å²) < 4.78 is 1.60. The van der Waals surface area contributed by atoms with Gasteiger partial charge in [-0.3, -0.25) is 14.3 Å². The van der Waals surface area contributed by atoms with Crippen LogP contribution in [0.4, 0.5) is 17.1 Å². The highest BCUT2D eigenvalue weighted by molar-refractivity contribution is 6.00. The topological polar surface area (TPSA) is 84.1 Å². The molecule has 0 radical (unpaired) electrons. The molecular weight excluding hydrogens is 328 g/mol. The van der Waals surface area contributed by atoms with E-state index in [1.165, 1.54) is 0 Å². The fourth-order valence-electron chi connectivity index (χ4n) is 2.90. The van der Waals surface area contributed by atoms with Gasteiger partial charge in [-0.1, -0.05) is 18.2 Å². The van der Waals surface area contributed by atoms with Crippen molar-refractivity contribution in [3.05, 3.63) is 76.5 Å². The van der Waals surface area contributed by atoms with E-state index in [0.717, 1.165) is 22.8 Å². The Hall–Kier alpha value is -3.28. The predicted molar refractivity (Wildman–Crippen MR) is 104 cm³/mol. The van der Waals surface area contributed by atoms with E-state index in [-0.39, 0.29) is 18.0 Å². The Kier molecular flexibility index (Phi) is 4.93. The quantitative estimate of drug-likeness (QED) is 0.693. The molecule has 3 rings (SSSR count). The molecule has 3 aromatic rings. The molecule has 1 aromatic heterocycles. The minimum atomic E-state index is -0.188. The van der Waals surface area contributed by atoms with Gasteiger partial charge in [-0.05, 0) is 50.2 Å². The number of para-hydroxylation sites is 1. The van der Waals surface area contributed by atoms with Crippen LogP contribution in [0.15, 0.2) is 59.4 Å². The number of aromatic amines is 1. The molecule has 134 valence electrons. The van der Waals surface area contributed by atoms with Gasteiger partial charge in [-0.25, -0.2) is 4.79 Å². The molecule has 0 saturated heterocycles. The fourth-order valence-corrected chi connectivity index (χ4v) is 2.90. The maximum atomic E-state index is 13.0. The number of anilines is 3. The number of nitrogens with two attached hydrogens (primary N) is 1. The summed E-state index contributed by atoms with van der Waals surface area (Å²) in [7, 11) is 0. The van der Waals surface area contributed by atoms with E-state index in [0.29, 0.717) is 12.2 Å². The lowest BCUT2D eigenvalue weighted by atomic mass is 10.2. The number of nitrogens with one attached hydrogen (secondary N) is 1. The van der Waals surface area contributed by atoms with Gasteiger partial charge in [0.25, 0.3) is 0 Å². The van der Waals surface area contributed by atoms with Crippen molar-refractivity contribution in [1.82, 2.24) is 9.55 Å². The van der Waals surface area contributed by atoms with Gasteiger partial charge in [0, 0.05) is 41.4 Å². The summed E-state index contributed by atoms with van der Waals surface area (Å²) in [4.78, 5) is 29.4. The van der Waals surface area contributed by atoms with Crippen molar-refractivity contribution in [3.8, 4) is 0 Å². The number of aromatic nitrogens is 2. The molecule has 2 aromatic carbocycles. The zero-order valence-electron chi connectivity index (χ0n) is 14.9. The Morgan fingerprint density at radius 2 is 1.65 bits per heavy atom. The first-order chi connectivity index (χ1) is 12.5. The Morgan fingerprint density at radius 3 is 2.23 bits per heavy atom. The van der Waals surface area contributed by atoms with E-state index in [4.69, 9.17) is 5.73 Å². The molecule has 6 heteroatoms. The van der Waals surface area contributed by atoms with Crippen LogP contribution in [0, 0.1) is 13.8 Å². The Balaban J connectivity index is 1.88. The smallest absolute Gasteiger partial charge is 0.325 e. The number of rotatable bonds is 5. The van der Waals surface area contributed by atoms with Crippen LogP contribution < -0.4 is 16.3 Å².